The van der Waals surface area contributed by atoms with Crippen molar-refractivity contribution in [3.63, 3.8) is 0 Å². The van der Waals surface area contributed by atoms with Gasteiger partial charge in [0.1, 0.15) is 0 Å². The van der Waals surface area contributed by atoms with Crippen LogP contribution in [0.25, 0.3) is 33.9 Å². The number of aromatic nitrogens is 1. The summed E-state index contributed by atoms with van der Waals surface area (Å²) in [5, 5.41) is 6.03. The van der Waals surface area contributed by atoms with E-state index in [4.69, 9.17) is 4.99 Å². The molecule has 0 saturated carbocycles. The first-order chi connectivity index (χ1) is 15.9. The predicted molar refractivity (Wildman–Crippen MR) is 130 cm³/mol. The molecule has 0 fully saturated rings. The third-order valence-electron chi connectivity index (χ3n) is 6.64. The summed E-state index contributed by atoms with van der Waals surface area (Å²) < 4.78 is 2.38. The fourth-order valence-electron chi connectivity index (χ4n) is 5.29. The minimum atomic E-state index is 0.168. The number of para-hydroxylation sites is 3. The van der Waals surface area contributed by atoms with Crippen molar-refractivity contribution in [1.29, 1.82) is 0 Å². The van der Waals surface area contributed by atoms with Crippen molar-refractivity contribution in [2.45, 2.75) is 5.92 Å². The van der Waals surface area contributed by atoms with Gasteiger partial charge in [0.05, 0.1) is 21.9 Å². The van der Waals surface area contributed by atoms with Crippen LogP contribution in [0.3, 0.4) is 0 Å². The van der Waals surface area contributed by atoms with E-state index >= 15 is 0 Å². The van der Waals surface area contributed by atoms with E-state index in [1.54, 1.807) is 0 Å². The van der Waals surface area contributed by atoms with E-state index in [1.807, 2.05) is 0 Å². The highest BCUT2D eigenvalue weighted by Crippen LogP contribution is 2.35. The van der Waals surface area contributed by atoms with E-state index in [2.05, 4.69) is 120 Å². The zero-order valence-electron chi connectivity index (χ0n) is 17.4. The Morgan fingerprint density at radius 1 is 0.656 bits per heavy atom. The maximum atomic E-state index is 5.21. The molecule has 150 valence electrons. The first-order valence-corrected chi connectivity index (χ1v) is 11.0. The number of hydrogen-bond acceptors (Lipinski definition) is 1. The van der Waals surface area contributed by atoms with Crippen molar-refractivity contribution in [3.05, 3.63) is 136 Å². The molecule has 2 heteroatoms. The molecular weight excluding hydrogens is 388 g/mol. The lowest BCUT2D eigenvalue weighted by Gasteiger charge is -2.20. The topological polar surface area (TPSA) is 17.3 Å². The number of fused-ring (bicyclic) bond motifs is 5. The quantitative estimate of drug-likeness (QED) is 0.423. The Morgan fingerprint density at radius 2 is 1.34 bits per heavy atom. The van der Waals surface area contributed by atoms with Crippen LogP contribution in [0.4, 0.5) is 0 Å². The van der Waals surface area contributed by atoms with E-state index in [0.717, 1.165) is 16.7 Å². The summed E-state index contributed by atoms with van der Waals surface area (Å²) >= 11 is 0. The van der Waals surface area contributed by atoms with E-state index in [-0.39, 0.29) is 5.92 Å². The summed E-state index contributed by atoms with van der Waals surface area (Å²) in [4.78, 5) is 5.21. The highest BCUT2D eigenvalue weighted by atomic mass is 15.0. The third-order valence-corrected chi connectivity index (χ3v) is 6.64. The van der Waals surface area contributed by atoms with Gasteiger partial charge in [-0.2, -0.15) is 0 Å². The standard InChI is InChI=1S/C30H20N2/c1-3-11-20(12-4-1)24-19-25-22-15-8-10-18-27(22)32(21-13-5-2-6-14-21)30(25)29-28(24)23-16-7-9-17-26(23)31-29/h1-19,24H. The smallest absolute Gasteiger partial charge is 0.0932 e. The van der Waals surface area contributed by atoms with E-state index in [9.17, 15) is 0 Å². The summed E-state index contributed by atoms with van der Waals surface area (Å²) in [6.45, 7) is 0. The highest BCUT2D eigenvalue weighted by molar-refractivity contribution is 6.00. The summed E-state index contributed by atoms with van der Waals surface area (Å²) in [5.74, 6) is 0.168. The Labute approximate surface area is 185 Å². The van der Waals surface area contributed by atoms with Gasteiger partial charge < -0.3 is 4.57 Å². The Balaban J connectivity index is 1.74. The van der Waals surface area contributed by atoms with Gasteiger partial charge in [-0.1, -0.05) is 91.0 Å². The molecule has 0 spiro atoms. The number of rotatable bonds is 2. The van der Waals surface area contributed by atoms with Crippen molar-refractivity contribution in [2.24, 2.45) is 4.99 Å². The molecule has 32 heavy (non-hydrogen) atoms. The lowest BCUT2D eigenvalue weighted by atomic mass is 9.85. The third kappa shape index (κ3) is 2.38. The lowest BCUT2D eigenvalue weighted by molar-refractivity contribution is 1.04. The van der Waals surface area contributed by atoms with Crippen LogP contribution in [0.1, 0.15) is 11.5 Å². The minimum Gasteiger partial charge on any atom is -0.307 e. The second-order valence-electron chi connectivity index (χ2n) is 8.40. The van der Waals surface area contributed by atoms with Crippen molar-refractivity contribution < 1.29 is 0 Å². The first-order valence-electron chi connectivity index (χ1n) is 11.0. The first kappa shape index (κ1) is 17.5. The zero-order valence-corrected chi connectivity index (χ0v) is 17.4. The highest BCUT2D eigenvalue weighted by Gasteiger charge is 2.29. The fourth-order valence-corrected chi connectivity index (χ4v) is 5.29. The number of benzene rings is 4. The molecule has 1 aliphatic carbocycles. The van der Waals surface area contributed by atoms with Crippen LogP contribution in [-0.4, -0.2) is 4.57 Å². The Morgan fingerprint density at radius 3 is 2.19 bits per heavy atom. The Kier molecular flexibility index (Phi) is 3.65. The molecule has 0 amide bonds. The molecular formula is C30H20N2. The Bertz CT molecular complexity index is 1760. The summed E-state index contributed by atoms with van der Waals surface area (Å²) in [7, 11) is 0. The van der Waals surface area contributed by atoms with Gasteiger partial charge in [-0.15, -0.1) is 0 Å². The molecule has 0 saturated heterocycles. The van der Waals surface area contributed by atoms with Crippen LogP contribution >= 0.6 is 0 Å². The van der Waals surface area contributed by atoms with Crippen LogP contribution in [0.2, 0.25) is 0 Å². The summed E-state index contributed by atoms with van der Waals surface area (Å²) in [5.41, 5.74) is 6.08. The van der Waals surface area contributed by atoms with Gasteiger partial charge >= 0.3 is 0 Å². The molecule has 2 nitrogen and oxygen atoms in total. The van der Waals surface area contributed by atoms with Gasteiger partial charge in [-0.3, -0.25) is 0 Å². The summed E-state index contributed by atoms with van der Waals surface area (Å²) in [6.07, 6.45) is 2.45. The molecule has 0 N–H and O–H groups in total. The lowest BCUT2D eigenvalue weighted by Crippen LogP contribution is -2.35. The van der Waals surface area contributed by atoms with Crippen LogP contribution in [0.5, 0.6) is 0 Å². The SMILES string of the molecule is C1=c2c(n(-c3ccccc3)c3ccccc23)=C2N=c3ccccc3=C2C1c1ccccc1. The average molecular weight is 409 g/mol. The maximum absolute atomic E-state index is 5.21. The molecule has 1 aliphatic heterocycles. The molecule has 7 rings (SSSR count). The van der Waals surface area contributed by atoms with Gasteiger partial charge in [0.2, 0.25) is 0 Å². The molecule has 0 radical (unpaired) electrons. The van der Waals surface area contributed by atoms with Crippen molar-refractivity contribution in [1.82, 2.24) is 4.57 Å². The van der Waals surface area contributed by atoms with Gasteiger partial charge in [0.15, 0.2) is 0 Å². The Hall–Kier alpha value is -4.17. The van der Waals surface area contributed by atoms with Crippen LogP contribution in [-0.2, 0) is 0 Å². The minimum absolute atomic E-state index is 0.168. The summed E-state index contributed by atoms with van der Waals surface area (Å²) in [6, 6.07) is 38.7. The molecule has 1 atom stereocenters. The van der Waals surface area contributed by atoms with Crippen LogP contribution in [0, 0.1) is 0 Å². The van der Waals surface area contributed by atoms with Crippen molar-refractivity contribution in [3.8, 4) is 5.69 Å². The van der Waals surface area contributed by atoms with Crippen LogP contribution < -0.4 is 21.1 Å². The zero-order chi connectivity index (χ0) is 21.1. The largest absolute Gasteiger partial charge is 0.307 e. The monoisotopic (exact) mass is 408 g/mol. The van der Waals surface area contributed by atoms with Gasteiger partial charge in [-0.05, 0) is 29.8 Å². The van der Waals surface area contributed by atoms with Crippen molar-refractivity contribution in [2.75, 3.05) is 0 Å². The molecule has 1 aromatic heterocycles. The van der Waals surface area contributed by atoms with Gasteiger partial charge in [0, 0.05) is 33.0 Å². The average Bonchev–Trinajstić information content (AvgIpc) is 3.41. The maximum Gasteiger partial charge on any atom is 0.0932 e. The van der Waals surface area contributed by atoms with E-state index < -0.39 is 0 Å². The number of nitrogens with zero attached hydrogens (tertiary/aromatic N) is 2. The van der Waals surface area contributed by atoms with Gasteiger partial charge in [0.25, 0.3) is 0 Å². The molecule has 4 aromatic carbocycles. The molecule has 1 unspecified atom stereocenters. The number of hydrogen-bond donors (Lipinski definition) is 0. The van der Waals surface area contributed by atoms with Gasteiger partial charge in [-0.25, -0.2) is 4.99 Å². The molecule has 0 bridgehead atoms. The normalized spacial score (nSPS) is 16.2. The molecule has 2 heterocycles. The molecule has 5 aromatic rings. The fraction of sp³-hybridized carbons (Fsp3) is 0.0333. The second-order valence-corrected chi connectivity index (χ2v) is 8.40. The molecule has 2 aliphatic rings. The van der Waals surface area contributed by atoms with Crippen molar-refractivity contribution >= 4 is 28.2 Å². The van der Waals surface area contributed by atoms with E-state index in [1.165, 1.54) is 37.8 Å². The van der Waals surface area contributed by atoms with E-state index in [0.29, 0.717) is 0 Å². The van der Waals surface area contributed by atoms with Crippen LogP contribution in [0.15, 0.2) is 114 Å². The predicted octanol–water partition coefficient (Wildman–Crippen LogP) is 3.80. The second kappa shape index (κ2) is 6.66.